The zero-order valence-electron chi connectivity index (χ0n) is 30.1. The fourth-order valence-electron chi connectivity index (χ4n) is 6.95. The van der Waals surface area contributed by atoms with Crippen molar-refractivity contribution in [3.8, 4) is 0 Å². The van der Waals surface area contributed by atoms with Crippen LogP contribution in [0.25, 0.3) is 0 Å². The first-order valence-electron chi connectivity index (χ1n) is 17.9. The monoisotopic (exact) mass is 680 g/mol. The molecule has 0 radical (unpaired) electrons. The molecule has 0 saturated heterocycles. The van der Waals surface area contributed by atoms with Crippen LogP contribution in [-0.2, 0) is 38.8 Å². The summed E-state index contributed by atoms with van der Waals surface area (Å²) in [4.78, 5) is 47.0. The number of amides is 1. The van der Waals surface area contributed by atoms with Crippen LogP contribution < -0.4 is 5.32 Å². The molecule has 0 aromatic heterocycles. The second-order valence-electron chi connectivity index (χ2n) is 14.4. The van der Waals surface area contributed by atoms with Crippen molar-refractivity contribution in [1.29, 1.82) is 0 Å². The van der Waals surface area contributed by atoms with Crippen LogP contribution in [0.15, 0.2) is 83.9 Å². The summed E-state index contributed by atoms with van der Waals surface area (Å²) in [5, 5.41) is 3.02. The van der Waals surface area contributed by atoms with E-state index in [1.165, 1.54) is 12.0 Å². The summed E-state index contributed by atoms with van der Waals surface area (Å²) in [6, 6.07) is 25.3. The Morgan fingerprint density at radius 3 is 1.82 bits per heavy atom. The van der Waals surface area contributed by atoms with Gasteiger partial charge >= 0.3 is 11.9 Å². The minimum atomic E-state index is -0.938. The number of cyclic esters (lactones) is 1. The first kappa shape index (κ1) is 36.9. The molecule has 50 heavy (non-hydrogen) atoms. The van der Waals surface area contributed by atoms with Crippen LogP contribution in [0.1, 0.15) is 96.8 Å². The standard InChI is InChI=1S/C24H30N2O3.C17H22N2O2/c1-26(2)17-19-11-13-21(14-12-19)22(27)25-24(15-7-4-8-16-24)23(28)29-18-20-9-5-3-6-10-20;1-19(2)12-13-6-8-14(9-7-13)15-18-17(16(20)21-15)10-4-3-5-11-17/h3,5-6,9-14H,4,7-8,15-18H2,1-2H3,(H,25,27);6-9H,3-5,10-12H2,1-2H3. The second kappa shape index (κ2) is 17.1. The zero-order valence-corrected chi connectivity index (χ0v) is 30.1. The largest absolute Gasteiger partial charge is 0.459 e. The molecule has 1 heterocycles. The number of rotatable bonds is 10. The molecule has 2 saturated carbocycles. The highest BCUT2D eigenvalue weighted by molar-refractivity contribution is 6.08. The highest BCUT2D eigenvalue weighted by Gasteiger charge is 2.46. The summed E-state index contributed by atoms with van der Waals surface area (Å²) < 4.78 is 11.1. The molecule has 3 aliphatic rings. The third kappa shape index (κ3) is 9.67. The summed E-state index contributed by atoms with van der Waals surface area (Å²) in [6.07, 6.45) is 9.09. The van der Waals surface area contributed by atoms with Gasteiger partial charge in [-0.25, -0.2) is 14.6 Å². The fraction of sp³-hybridized carbons (Fsp3) is 0.463. The van der Waals surface area contributed by atoms with E-state index >= 15 is 0 Å². The Bertz CT molecular complexity index is 1600. The summed E-state index contributed by atoms with van der Waals surface area (Å²) in [7, 11) is 8.11. The van der Waals surface area contributed by atoms with Crippen LogP contribution in [0.5, 0.6) is 0 Å². The van der Waals surface area contributed by atoms with Crippen molar-refractivity contribution in [2.24, 2.45) is 4.99 Å². The lowest BCUT2D eigenvalue weighted by molar-refractivity contribution is -0.154. The molecule has 1 N–H and O–H groups in total. The summed E-state index contributed by atoms with van der Waals surface area (Å²) in [6.45, 7) is 1.94. The average Bonchev–Trinajstić information content (AvgIpc) is 3.42. The van der Waals surface area contributed by atoms with Gasteiger partial charge in [0.05, 0.1) is 0 Å². The molecular formula is C41H52N4O5. The van der Waals surface area contributed by atoms with Crippen LogP contribution in [0.2, 0.25) is 0 Å². The number of carbonyl (C=O) groups excluding carboxylic acids is 3. The van der Waals surface area contributed by atoms with Gasteiger partial charge in [0.25, 0.3) is 5.91 Å². The molecule has 9 nitrogen and oxygen atoms in total. The number of aliphatic imine (C=N–C) groups is 1. The first-order chi connectivity index (χ1) is 24.1. The number of benzene rings is 3. The van der Waals surface area contributed by atoms with Gasteiger partial charge in [-0.2, -0.15) is 0 Å². The van der Waals surface area contributed by atoms with Crippen molar-refractivity contribution >= 4 is 23.7 Å². The van der Waals surface area contributed by atoms with Crippen LogP contribution in [0, 0.1) is 0 Å². The molecule has 0 unspecified atom stereocenters. The van der Waals surface area contributed by atoms with E-state index in [0.29, 0.717) is 24.3 Å². The minimum Gasteiger partial charge on any atom is -0.459 e. The quantitative estimate of drug-likeness (QED) is 0.239. The van der Waals surface area contributed by atoms with Gasteiger partial charge in [0.2, 0.25) is 5.90 Å². The smallest absolute Gasteiger partial charge is 0.340 e. The predicted octanol–water partition coefficient (Wildman–Crippen LogP) is 6.68. The van der Waals surface area contributed by atoms with Crippen molar-refractivity contribution in [2.75, 3.05) is 28.2 Å². The van der Waals surface area contributed by atoms with E-state index in [4.69, 9.17) is 9.47 Å². The van der Waals surface area contributed by atoms with Gasteiger partial charge in [-0.05, 0) is 94.8 Å². The lowest BCUT2D eigenvalue weighted by Crippen LogP contribution is -2.56. The molecule has 1 spiro atoms. The maximum Gasteiger partial charge on any atom is 0.340 e. The lowest BCUT2D eigenvalue weighted by atomic mass is 9.81. The van der Waals surface area contributed by atoms with E-state index in [1.807, 2.05) is 94.9 Å². The predicted molar refractivity (Wildman–Crippen MR) is 196 cm³/mol. The highest BCUT2D eigenvalue weighted by atomic mass is 16.6. The average molecular weight is 681 g/mol. The number of ether oxygens (including phenoxy) is 2. The number of hydrogen-bond donors (Lipinski definition) is 1. The van der Waals surface area contributed by atoms with Crippen molar-refractivity contribution in [3.63, 3.8) is 0 Å². The first-order valence-corrected chi connectivity index (χ1v) is 17.9. The summed E-state index contributed by atoms with van der Waals surface area (Å²) in [5.41, 5.74) is 3.25. The third-order valence-electron chi connectivity index (χ3n) is 9.64. The van der Waals surface area contributed by atoms with Gasteiger partial charge in [-0.15, -0.1) is 0 Å². The maximum atomic E-state index is 13.0. The van der Waals surface area contributed by atoms with E-state index in [0.717, 1.165) is 74.7 Å². The highest BCUT2D eigenvalue weighted by Crippen LogP contribution is 2.37. The van der Waals surface area contributed by atoms with E-state index in [9.17, 15) is 14.4 Å². The molecule has 2 aliphatic carbocycles. The molecule has 9 heteroatoms. The van der Waals surface area contributed by atoms with Crippen molar-refractivity contribution in [1.82, 2.24) is 15.1 Å². The molecule has 0 bridgehead atoms. The minimum absolute atomic E-state index is 0.158. The van der Waals surface area contributed by atoms with E-state index in [1.54, 1.807) is 0 Å². The van der Waals surface area contributed by atoms with Gasteiger partial charge < -0.3 is 24.6 Å². The SMILES string of the molecule is CN(C)Cc1ccc(C(=O)NC2(C(=O)OCc3ccccc3)CCCCC2)cc1.CN(C)Cc1ccc(C2=NC3(CCCCC3)C(=O)O2)cc1. The fourth-order valence-corrected chi connectivity index (χ4v) is 6.95. The van der Waals surface area contributed by atoms with Crippen molar-refractivity contribution < 1.29 is 23.9 Å². The van der Waals surface area contributed by atoms with Crippen LogP contribution in [0.4, 0.5) is 0 Å². The summed E-state index contributed by atoms with van der Waals surface area (Å²) in [5.74, 6) is -0.216. The Morgan fingerprint density at radius 2 is 1.26 bits per heavy atom. The zero-order chi connectivity index (χ0) is 35.6. The van der Waals surface area contributed by atoms with E-state index in [2.05, 4.69) is 32.2 Å². The van der Waals surface area contributed by atoms with E-state index in [-0.39, 0.29) is 24.5 Å². The summed E-state index contributed by atoms with van der Waals surface area (Å²) >= 11 is 0. The number of hydrogen-bond acceptors (Lipinski definition) is 8. The van der Waals surface area contributed by atoms with Crippen LogP contribution >= 0.6 is 0 Å². The van der Waals surface area contributed by atoms with Gasteiger partial charge in [0.15, 0.2) is 5.54 Å². The second-order valence-corrected chi connectivity index (χ2v) is 14.4. The third-order valence-corrected chi connectivity index (χ3v) is 9.64. The lowest BCUT2D eigenvalue weighted by Gasteiger charge is -2.35. The number of esters is 2. The maximum absolute atomic E-state index is 13.0. The van der Waals surface area contributed by atoms with Gasteiger partial charge in [-0.1, -0.05) is 93.1 Å². The number of nitrogens with zero attached hydrogens (tertiary/aromatic N) is 3. The van der Waals surface area contributed by atoms with Crippen molar-refractivity contribution in [3.05, 3.63) is 107 Å². The Labute approximate surface area is 297 Å². The normalized spacial score (nSPS) is 17.8. The Hall–Kier alpha value is -4.34. The molecule has 0 atom stereocenters. The number of carbonyl (C=O) groups is 3. The molecule has 2 fully saturated rings. The van der Waals surface area contributed by atoms with E-state index < -0.39 is 11.1 Å². The number of nitrogens with one attached hydrogen (secondary N) is 1. The molecular weight excluding hydrogens is 628 g/mol. The molecule has 3 aromatic rings. The Kier molecular flexibility index (Phi) is 12.6. The topological polar surface area (TPSA) is 101 Å². The van der Waals surface area contributed by atoms with Crippen molar-refractivity contribution in [2.45, 2.75) is 95.0 Å². The molecule has 1 aliphatic heterocycles. The molecule has 3 aromatic carbocycles. The Morgan fingerprint density at radius 1 is 0.720 bits per heavy atom. The molecule has 6 rings (SSSR count). The van der Waals surface area contributed by atoms with Gasteiger partial charge in [0.1, 0.15) is 12.1 Å². The van der Waals surface area contributed by atoms with Crippen LogP contribution in [0.3, 0.4) is 0 Å². The van der Waals surface area contributed by atoms with Gasteiger partial charge in [-0.3, -0.25) is 4.79 Å². The van der Waals surface area contributed by atoms with Gasteiger partial charge in [0, 0.05) is 24.2 Å². The Balaban J connectivity index is 0.000000204. The molecule has 1 amide bonds. The molecule has 266 valence electrons. The van der Waals surface area contributed by atoms with Crippen LogP contribution in [-0.4, -0.2) is 72.8 Å².